The molecule has 3 aromatic carbocycles. The van der Waals surface area contributed by atoms with E-state index < -0.39 is 6.10 Å². The first-order valence-electron chi connectivity index (χ1n) is 11.1. The highest BCUT2D eigenvalue weighted by Gasteiger charge is 2.19. The number of hydrogen-bond acceptors (Lipinski definition) is 4. The van der Waals surface area contributed by atoms with Crippen molar-refractivity contribution in [1.29, 1.82) is 0 Å². The second-order valence-electron chi connectivity index (χ2n) is 8.17. The maximum absolute atomic E-state index is 12.8. The largest absolute Gasteiger partial charge is 0.480 e. The first kappa shape index (κ1) is 21.2. The van der Waals surface area contributed by atoms with Gasteiger partial charge in [-0.1, -0.05) is 55.5 Å². The molecule has 1 saturated heterocycles. The Morgan fingerprint density at radius 1 is 0.968 bits per heavy atom. The molecule has 1 aliphatic rings. The summed E-state index contributed by atoms with van der Waals surface area (Å²) in [5, 5.41) is 5.17. The van der Waals surface area contributed by atoms with Crippen LogP contribution in [0.1, 0.15) is 18.9 Å². The summed E-state index contributed by atoms with van der Waals surface area (Å²) >= 11 is 0. The summed E-state index contributed by atoms with van der Waals surface area (Å²) in [5.74, 6) is 0.662. The van der Waals surface area contributed by atoms with E-state index in [1.165, 1.54) is 5.69 Å². The van der Waals surface area contributed by atoms with Crippen LogP contribution >= 0.6 is 0 Å². The molecule has 0 saturated carbocycles. The van der Waals surface area contributed by atoms with Gasteiger partial charge in [0.15, 0.2) is 6.10 Å². The molecule has 5 nitrogen and oxygen atoms in total. The number of benzene rings is 3. The molecule has 1 amide bonds. The van der Waals surface area contributed by atoms with Crippen LogP contribution in [0, 0.1) is 0 Å². The molecule has 3 aromatic rings. The third-order valence-electron chi connectivity index (χ3n) is 5.95. The third kappa shape index (κ3) is 5.17. The smallest absolute Gasteiger partial charge is 0.261 e. The van der Waals surface area contributed by atoms with E-state index in [2.05, 4.69) is 58.6 Å². The number of nitrogens with one attached hydrogen (secondary N) is 1. The van der Waals surface area contributed by atoms with Crippen LogP contribution in [0.25, 0.3) is 10.8 Å². The van der Waals surface area contributed by atoms with Gasteiger partial charge < -0.3 is 19.9 Å². The van der Waals surface area contributed by atoms with Crippen LogP contribution < -0.4 is 15.0 Å². The Morgan fingerprint density at radius 3 is 2.42 bits per heavy atom. The number of piperazine rings is 1. The van der Waals surface area contributed by atoms with Gasteiger partial charge in [-0.3, -0.25) is 4.79 Å². The lowest BCUT2D eigenvalue weighted by molar-refractivity contribution is -0.128. The molecule has 0 radical (unpaired) electrons. The molecule has 0 aromatic heterocycles. The number of carbonyl (C=O) groups excluding carboxylic acids is 1. The molecule has 4 rings (SSSR count). The predicted octanol–water partition coefficient (Wildman–Crippen LogP) is 4.07. The molecule has 0 bridgehead atoms. The Kier molecular flexibility index (Phi) is 6.73. The van der Waals surface area contributed by atoms with Crippen molar-refractivity contribution < 1.29 is 9.53 Å². The van der Waals surface area contributed by atoms with E-state index >= 15 is 0 Å². The molecule has 1 N–H and O–H groups in total. The number of fused-ring (bicyclic) bond motifs is 1. The fraction of sp³-hybridized carbons (Fsp3) is 0.346. The summed E-state index contributed by atoms with van der Waals surface area (Å²) in [6.07, 6.45) is 0.0904. The van der Waals surface area contributed by atoms with Gasteiger partial charge in [0.05, 0.1) is 0 Å². The maximum Gasteiger partial charge on any atom is 0.261 e. The summed E-state index contributed by atoms with van der Waals surface area (Å²) in [6, 6.07) is 22.5. The third-order valence-corrected chi connectivity index (χ3v) is 5.95. The van der Waals surface area contributed by atoms with Gasteiger partial charge in [-0.15, -0.1) is 0 Å². The van der Waals surface area contributed by atoms with Gasteiger partial charge in [0, 0.05) is 43.8 Å². The summed E-state index contributed by atoms with van der Waals surface area (Å²) < 4.78 is 6.11. The Bertz CT molecular complexity index is 1010. The monoisotopic (exact) mass is 417 g/mol. The minimum Gasteiger partial charge on any atom is -0.480 e. The minimum absolute atomic E-state index is 0.0846. The van der Waals surface area contributed by atoms with E-state index in [9.17, 15) is 4.79 Å². The van der Waals surface area contributed by atoms with Crippen molar-refractivity contribution >= 4 is 22.4 Å². The molecule has 0 spiro atoms. The lowest BCUT2D eigenvalue weighted by atomic mass is 10.1. The summed E-state index contributed by atoms with van der Waals surface area (Å²) in [4.78, 5) is 17.5. The summed E-state index contributed by atoms with van der Waals surface area (Å²) in [5.41, 5.74) is 2.33. The van der Waals surface area contributed by atoms with E-state index in [0.717, 1.165) is 48.3 Å². The summed E-state index contributed by atoms with van der Waals surface area (Å²) in [7, 11) is 2.16. The predicted molar refractivity (Wildman–Crippen MR) is 127 cm³/mol. The molecule has 162 valence electrons. The van der Waals surface area contributed by atoms with E-state index in [-0.39, 0.29) is 5.91 Å². The van der Waals surface area contributed by atoms with Crippen molar-refractivity contribution in [3.05, 3.63) is 72.3 Å². The van der Waals surface area contributed by atoms with Crippen LogP contribution in [0.2, 0.25) is 0 Å². The number of amides is 1. The molecular weight excluding hydrogens is 386 g/mol. The fourth-order valence-electron chi connectivity index (χ4n) is 3.97. The van der Waals surface area contributed by atoms with Crippen LogP contribution in [-0.4, -0.2) is 50.1 Å². The fourth-order valence-corrected chi connectivity index (χ4v) is 3.97. The van der Waals surface area contributed by atoms with Crippen molar-refractivity contribution in [3.63, 3.8) is 0 Å². The van der Waals surface area contributed by atoms with Crippen molar-refractivity contribution in [2.24, 2.45) is 0 Å². The van der Waals surface area contributed by atoms with Crippen LogP contribution in [-0.2, 0) is 11.3 Å². The number of hydrogen-bond donors (Lipinski definition) is 1. The van der Waals surface area contributed by atoms with Gasteiger partial charge in [-0.2, -0.15) is 0 Å². The lowest BCUT2D eigenvalue weighted by Crippen LogP contribution is -2.44. The Hall–Kier alpha value is -3.05. The van der Waals surface area contributed by atoms with E-state index in [1.54, 1.807) is 0 Å². The Labute approximate surface area is 184 Å². The second-order valence-corrected chi connectivity index (χ2v) is 8.17. The van der Waals surface area contributed by atoms with E-state index in [0.29, 0.717) is 13.0 Å². The van der Waals surface area contributed by atoms with Crippen molar-refractivity contribution in [2.75, 3.05) is 38.1 Å². The SMILES string of the molecule is CCC(Oc1cccc2ccccc12)C(=O)NCc1ccc(N2CCN(C)CC2)cc1. The van der Waals surface area contributed by atoms with Gasteiger partial charge >= 0.3 is 0 Å². The van der Waals surface area contributed by atoms with E-state index in [4.69, 9.17) is 4.74 Å². The number of ether oxygens (including phenoxy) is 1. The van der Waals surface area contributed by atoms with Crippen LogP contribution in [0.5, 0.6) is 5.75 Å². The summed E-state index contributed by atoms with van der Waals surface area (Å²) in [6.45, 7) is 6.75. The number of carbonyl (C=O) groups is 1. The first-order valence-corrected chi connectivity index (χ1v) is 11.1. The molecule has 1 aliphatic heterocycles. The number of likely N-dealkylation sites (N-methyl/N-ethyl adjacent to an activating group) is 1. The maximum atomic E-state index is 12.8. The highest BCUT2D eigenvalue weighted by molar-refractivity contribution is 5.89. The average molecular weight is 418 g/mol. The zero-order chi connectivity index (χ0) is 21.6. The molecule has 1 atom stereocenters. The molecule has 0 aliphatic carbocycles. The zero-order valence-electron chi connectivity index (χ0n) is 18.4. The normalized spacial score (nSPS) is 15.6. The minimum atomic E-state index is -0.518. The number of rotatable bonds is 7. The Balaban J connectivity index is 1.35. The number of anilines is 1. The molecular formula is C26H31N3O2. The van der Waals surface area contributed by atoms with Crippen molar-refractivity contribution in [1.82, 2.24) is 10.2 Å². The zero-order valence-corrected chi connectivity index (χ0v) is 18.4. The first-order chi connectivity index (χ1) is 15.1. The lowest BCUT2D eigenvalue weighted by Gasteiger charge is -2.34. The molecule has 1 fully saturated rings. The number of nitrogens with zero attached hydrogens (tertiary/aromatic N) is 2. The highest BCUT2D eigenvalue weighted by atomic mass is 16.5. The van der Waals surface area contributed by atoms with Gasteiger partial charge in [-0.05, 0) is 42.6 Å². The topological polar surface area (TPSA) is 44.8 Å². The molecule has 1 heterocycles. The highest BCUT2D eigenvalue weighted by Crippen LogP contribution is 2.26. The van der Waals surface area contributed by atoms with Crippen LogP contribution in [0.4, 0.5) is 5.69 Å². The quantitative estimate of drug-likeness (QED) is 0.630. The second kappa shape index (κ2) is 9.84. The molecule has 31 heavy (non-hydrogen) atoms. The van der Waals surface area contributed by atoms with Gasteiger partial charge in [0.25, 0.3) is 5.91 Å². The van der Waals surface area contributed by atoms with Crippen molar-refractivity contribution in [3.8, 4) is 5.75 Å². The average Bonchev–Trinajstić information content (AvgIpc) is 2.82. The Morgan fingerprint density at radius 2 is 1.68 bits per heavy atom. The van der Waals surface area contributed by atoms with Crippen molar-refractivity contribution in [2.45, 2.75) is 26.0 Å². The van der Waals surface area contributed by atoms with Crippen LogP contribution in [0.3, 0.4) is 0 Å². The van der Waals surface area contributed by atoms with Gasteiger partial charge in [0.2, 0.25) is 0 Å². The molecule has 5 heteroatoms. The standard InChI is InChI=1S/C26H31N3O2/c1-3-24(31-25-10-6-8-21-7-4-5-9-23(21)25)26(30)27-19-20-11-13-22(14-12-20)29-17-15-28(2)16-18-29/h4-14,24H,3,15-19H2,1-2H3,(H,27,30). The van der Waals surface area contributed by atoms with Crippen LogP contribution in [0.15, 0.2) is 66.7 Å². The van der Waals surface area contributed by atoms with Gasteiger partial charge in [0.1, 0.15) is 5.75 Å². The van der Waals surface area contributed by atoms with Gasteiger partial charge in [-0.25, -0.2) is 0 Å². The molecule has 1 unspecified atom stereocenters. The van der Waals surface area contributed by atoms with E-state index in [1.807, 2.05) is 37.3 Å².